The number of carbonyl (C=O) groups excluding carboxylic acids is 4. The molecule has 8 nitrogen and oxygen atoms in total. The Morgan fingerprint density at radius 2 is 1.35 bits per heavy atom. The van der Waals surface area contributed by atoms with E-state index in [1.807, 2.05) is 56.3 Å². The number of benzene rings is 3. The summed E-state index contributed by atoms with van der Waals surface area (Å²) in [5.74, 6) is -0.584. The number of methoxy groups -OCH3 is 2. The quantitative estimate of drug-likeness (QED) is 0.0738. The highest BCUT2D eigenvalue weighted by Crippen LogP contribution is 2.26. The summed E-state index contributed by atoms with van der Waals surface area (Å²) < 4.78 is 33.4. The minimum Gasteiger partial charge on any atom is -0.494 e. The first-order valence-electron chi connectivity index (χ1n) is 14.9. The fraction of sp³-hybridized carbons (Fsp3) is 0.282. The molecule has 0 N–H and O–H groups in total. The van der Waals surface area contributed by atoms with Gasteiger partial charge >= 0.3 is 5.97 Å². The van der Waals surface area contributed by atoms with E-state index in [4.69, 9.17) is 14.2 Å². The molecule has 258 valence electrons. The monoisotopic (exact) mass is 662 g/mol. The van der Waals surface area contributed by atoms with Gasteiger partial charge in [-0.25, -0.2) is 9.18 Å². The van der Waals surface area contributed by atoms with E-state index < -0.39 is 11.8 Å². The molecule has 9 heteroatoms. The molecule has 0 amide bonds. The van der Waals surface area contributed by atoms with Crippen LogP contribution in [0.4, 0.5) is 4.39 Å². The summed E-state index contributed by atoms with van der Waals surface area (Å²) >= 11 is 0. The number of allylic oxidation sites excluding steroid dienone is 2. The number of halogens is 1. The number of carbonyl (C=O) groups is 4. The summed E-state index contributed by atoms with van der Waals surface area (Å²) in [5, 5.41) is 0. The van der Waals surface area contributed by atoms with Crippen molar-refractivity contribution in [3.63, 3.8) is 0 Å². The van der Waals surface area contributed by atoms with Crippen LogP contribution in [0.3, 0.4) is 0 Å². The third-order valence-corrected chi connectivity index (χ3v) is 5.79. The van der Waals surface area contributed by atoms with E-state index in [1.54, 1.807) is 33.1 Å². The minimum absolute atomic E-state index is 0.180. The van der Waals surface area contributed by atoms with Gasteiger partial charge in [-0.2, -0.15) is 0 Å². The Bertz CT molecular complexity index is 1490. The van der Waals surface area contributed by atoms with E-state index in [2.05, 4.69) is 24.5 Å². The van der Waals surface area contributed by atoms with Crippen LogP contribution in [-0.4, -0.2) is 39.2 Å². The Hall–Kier alpha value is -5.15. The molecule has 0 saturated carbocycles. The molecule has 0 aliphatic carbocycles. The van der Waals surface area contributed by atoms with Crippen molar-refractivity contribution in [1.82, 2.24) is 0 Å². The van der Waals surface area contributed by atoms with Crippen LogP contribution in [0, 0.1) is 5.82 Å². The summed E-state index contributed by atoms with van der Waals surface area (Å²) in [6, 6.07) is 18.0. The standard InChI is InChI=1S/C16H20O4.C15H13FO3.C4H6O.C4H8/c1-12(2)16(18)20-11-15-9-13(5-4-8-17)6-7-14(15)10-19-3;1-18-15-7-6-13(8-14(15)16)12-4-2-11(3-5-12)9-19-10-17;1-4(2)3-5;1-4(2)3/h6-9H,1,4-5,10-11H2,2-3H3;2-8,10H,9H2,1H3;3H,1H2,2H3;1H2,2-3H3. The molecule has 3 aromatic rings. The zero-order valence-corrected chi connectivity index (χ0v) is 28.8. The zero-order valence-electron chi connectivity index (χ0n) is 28.8. The Kier molecular flexibility index (Phi) is 22.3. The first-order chi connectivity index (χ1) is 22.8. The summed E-state index contributed by atoms with van der Waals surface area (Å²) in [4.78, 5) is 41.4. The van der Waals surface area contributed by atoms with Gasteiger partial charge in [-0.1, -0.05) is 67.3 Å². The van der Waals surface area contributed by atoms with Crippen LogP contribution >= 0.6 is 0 Å². The molecule has 0 aliphatic heterocycles. The van der Waals surface area contributed by atoms with Gasteiger partial charge in [0.15, 0.2) is 11.6 Å². The predicted octanol–water partition coefficient (Wildman–Crippen LogP) is 8.10. The summed E-state index contributed by atoms with van der Waals surface area (Å²) in [7, 11) is 3.05. The number of rotatable bonds is 14. The van der Waals surface area contributed by atoms with Crippen molar-refractivity contribution < 1.29 is 42.5 Å². The molecule has 0 atom stereocenters. The van der Waals surface area contributed by atoms with Crippen LogP contribution in [0.5, 0.6) is 5.75 Å². The van der Waals surface area contributed by atoms with E-state index >= 15 is 0 Å². The van der Waals surface area contributed by atoms with Gasteiger partial charge < -0.3 is 23.7 Å². The highest BCUT2D eigenvalue weighted by molar-refractivity contribution is 5.86. The van der Waals surface area contributed by atoms with Crippen LogP contribution in [0.2, 0.25) is 0 Å². The van der Waals surface area contributed by atoms with Crippen molar-refractivity contribution in [2.75, 3.05) is 14.2 Å². The SMILES string of the molecule is C=C(C)C.C=C(C)C(=O)OCc1cc(CCC=O)ccc1COC.C=C(C)C=O.COc1ccc(-c2ccc(COC=O)cc2)cc1F. The molecule has 0 unspecified atom stereocenters. The lowest BCUT2D eigenvalue weighted by atomic mass is 10.0. The molecule has 48 heavy (non-hydrogen) atoms. The summed E-state index contributed by atoms with van der Waals surface area (Å²) in [6.45, 7) is 18.9. The molecule has 0 saturated heterocycles. The first-order valence-corrected chi connectivity index (χ1v) is 14.9. The zero-order chi connectivity index (χ0) is 36.5. The lowest BCUT2D eigenvalue weighted by molar-refractivity contribution is -0.140. The topological polar surface area (TPSA) is 105 Å². The Balaban J connectivity index is 0.000000736. The molecule has 0 bridgehead atoms. The Morgan fingerprint density at radius 3 is 1.83 bits per heavy atom. The molecule has 3 aromatic carbocycles. The molecule has 0 radical (unpaired) electrons. The van der Waals surface area contributed by atoms with E-state index in [0.29, 0.717) is 37.1 Å². The average Bonchev–Trinajstić information content (AvgIpc) is 3.06. The van der Waals surface area contributed by atoms with Gasteiger partial charge in [-0.05, 0) is 85.2 Å². The van der Waals surface area contributed by atoms with Crippen molar-refractivity contribution in [2.24, 2.45) is 0 Å². The smallest absolute Gasteiger partial charge is 0.333 e. The van der Waals surface area contributed by atoms with Crippen LogP contribution in [-0.2, 0) is 59.6 Å². The molecule has 0 aliphatic rings. The van der Waals surface area contributed by atoms with Gasteiger partial charge in [0.25, 0.3) is 6.47 Å². The van der Waals surface area contributed by atoms with Crippen LogP contribution in [0.1, 0.15) is 56.4 Å². The maximum absolute atomic E-state index is 13.6. The van der Waals surface area contributed by atoms with Gasteiger partial charge in [0, 0.05) is 19.1 Å². The number of hydrogen-bond donors (Lipinski definition) is 0. The molecule has 0 aromatic heterocycles. The number of esters is 1. The first kappa shape index (κ1) is 42.9. The molecule has 0 spiro atoms. The molecule has 0 fully saturated rings. The van der Waals surface area contributed by atoms with E-state index in [0.717, 1.165) is 46.0 Å². The van der Waals surface area contributed by atoms with Crippen molar-refractivity contribution in [3.05, 3.63) is 125 Å². The second-order valence-corrected chi connectivity index (χ2v) is 10.7. The number of hydrogen-bond acceptors (Lipinski definition) is 8. The normalized spacial score (nSPS) is 9.40. The lowest BCUT2D eigenvalue weighted by Gasteiger charge is -2.12. The molecular formula is C39H47FO8. The Labute approximate surface area is 283 Å². The average molecular weight is 663 g/mol. The third-order valence-electron chi connectivity index (χ3n) is 5.79. The van der Waals surface area contributed by atoms with Gasteiger partial charge in [0.2, 0.25) is 0 Å². The van der Waals surface area contributed by atoms with Crippen molar-refractivity contribution >= 4 is 25.0 Å². The minimum atomic E-state index is -0.410. The van der Waals surface area contributed by atoms with Crippen LogP contribution in [0.25, 0.3) is 11.1 Å². The van der Waals surface area contributed by atoms with Gasteiger partial charge in [0.1, 0.15) is 25.8 Å². The number of aryl methyl sites for hydroxylation is 1. The fourth-order valence-corrected chi connectivity index (χ4v) is 3.53. The van der Waals surface area contributed by atoms with E-state index in [9.17, 15) is 23.6 Å². The van der Waals surface area contributed by atoms with Gasteiger partial charge in [-0.15, -0.1) is 6.58 Å². The number of ether oxygens (including phenoxy) is 4. The van der Waals surface area contributed by atoms with Crippen molar-refractivity contribution in [1.29, 1.82) is 0 Å². The largest absolute Gasteiger partial charge is 0.494 e. The number of aldehydes is 2. The maximum Gasteiger partial charge on any atom is 0.333 e. The second-order valence-electron chi connectivity index (χ2n) is 10.7. The van der Waals surface area contributed by atoms with E-state index in [-0.39, 0.29) is 19.0 Å². The van der Waals surface area contributed by atoms with Gasteiger partial charge in [0.05, 0.1) is 13.7 Å². The Morgan fingerprint density at radius 1 is 0.771 bits per heavy atom. The molecular weight excluding hydrogens is 615 g/mol. The van der Waals surface area contributed by atoms with Crippen LogP contribution in [0.15, 0.2) is 97.1 Å². The lowest BCUT2D eigenvalue weighted by Crippen LogP contribution is -2.07. The highest BCUT2D eigenvalue weighted by atomic mass is 19.1. The molecule has 3 rings (SSSR count). The second kappa shape index (κ2) is 25.0. The predicted molar refractivity (Wildman–Crippen MR) is 187 cm³/mol. The van der Waals surface area contributed by atoms with Crippen LogP contribution < -0.4 is 4.74 Å². The van der Waals surface area contributed by atoms with Gasteiger partial charge in [-0.3, -0.25) is 9.59 Å². The highest BCUT2D eigenvalue weighted by Gasteiger charge is 2.09. The van der Waals surface area contributed by atoms with E-state index in [1.165, 1.54) is 18.7 Å². The summed E-state index contributed by atoms with van der Waals surface area (Å²) in [5.41, 5.74) is 7.54. The summed E-state index contributed by atoms with van der Waals surface area (Å²) in [6.07, 6.45) is 2.77. The maximum atomic E-state index is 13.6. The third kappa shape index (κ3) is 18.7. The van der Waals surface area contributed by atoms with Crippen molar-refractivity contribution in [3.8, 4) is 16.9 Å². The molecule has 0 heterocycles. The fourth-order valence-electron chi connectivity index (χ4n) is 3.53. The van der Waals surface area contributed by atoms with Crippen molar-refractivity contribution in [2.45, 2.75) is 60.4 Å².